The molecule has 1 fully saturated rings. The van der Waals surface area contributed by atoms with Gasteiger partial charge in [0.15, 0.2) is 11.5 Å². The second-order valence-corrected chi connectivity index (χ2v) is 7.07. The minimum atomic E-state index is -0.0665. The molecule has 0 bridgehead atoms. The summed E-state index contributed by atoms with van der Waals surface area (Å²) in [6.07, 6.45) is 0.957. The van der Waals surface area contributed by atoms with Gasteiger partial charge in [0.05, 0.1) is 13.2 Å². The first-order valence-electron chi connectivity index (χ1n) is 10.1. The zero-order chi connectivity index (χ0) is 19.9. The summed E-state index contributed by atoms with van der Waals surface area (Å²) in [6.45, 7) is 9.00. The molecule has 1 heterocycles. The molecule has 28 heavy (non-hydrogen) atoms. The van der Waals surface area contributed by atoms with Crippen LogP contribution in [-0.4, -0.2) is 43.2 Å². The Hall–Kier alpha value is -2.53. The number of benzene rings is 2. The van der Waals surface area contributed by atoms with E-state index in [2.05, 4.69) is 41.4 Å². The lowest BCUT2D eigenvalue weighted by Crippen LogP contribution is -2.37. The van der Waals surface area contributed by atoms with Crippen molar-refractivity contribution in [3.8, 4) is 11.5 Å². The van der Waals surface area contributed by atoms with Crippen molar-refractivity contribution in [1.29, 1.82) is 0 Å². The quantitative estimate of drug-likeness (QED) is 0.748. The van der Waals surface area contributed by atoms with Crippen LogP contribution in [0.4, 0.5) is 0 Å². The number of amides is 1. The van der Waals surface area contributed by atoms with E-state index in [1.807, 2.05) is 26.0 Å². The maximum atomic E-state index is 12.7. The highest BCUT2D eigenvalue weighted by Gasteiger charge is 2.28. The molecule has 0 unspecified atom stereocenters. The van der Waals surface area contributed by atoms with E-state index < -0.39 is 0 Å². The number of nitrogens with zero attached hydrogens (tertiary/aromatic N) is 1. The van der Waals surface area contributed by atoms with Gasteiger partial charge in [-0.05, 0) is 51.0 Å². The first-order chi connectivity index (χ1) is 13.6. The van der Waals surface area contributed by atoms with E-state index in [1.54, 1.807) is 12.1 Å². The molecule has 2 aromatic carbocycles. The predicted octanol–water partition coefficient (Wildman–Crippen LogP) is 4.05. The van der Waals surface area contributed by atoms with Gasteiger partial charge in [0.2, 0.25) is 0 Å². The van der Waals surface area contributed by atoms with E-state index in [1.165, 1.54) is 5.56 Å². The predicted molar refractivity (Wildman–Crippen MR) is 111 cm³/mol. The molecule has 1 aliphatic rings. The fourth-order valence-corrected chi connectivity index (χ4v) is 3.66. The Morgan fingerprint density at radius 2 is 1.82 bits per heavy atom. The third-order valence-electron chi connectivity index (χ3n) is 5.19. The summed E-state index contributed by atoms with van der Waals surface area (Å²) in [6, 6.07) is 16.4. The van der Waals surface area contributed by atoms with Gasteiger partial charge in [0.25, 0.3) is 5.91 Å². The monoisotopic (exact) mass is 382 g/mol. The summed E-state index contributed by atoms with van der Waals surface area (Å²) in [5, 5.41) is 3.18. The number of nitrogens with one attached hydrogen (secondary N) is 1. The van der Waals surface area contributed by atoms with Crippen molar-refractivity contribution >= 4 is 5.91 Å². The summed E-state index contributed by atoms with van der Waals surface area (Å²) < 4.78 is 11.2. The Bertz CT molecular complexity index is 779. The Morgan fingerprint density at radius 1 is 1.11 bits per heavy atom. The normalized spacial score (nSPS) is 17.9. The lowest BCUT2D eigenvalue weighted by atomic mass is 10.1. The Morgan fingerprint density at radius 3 is 2.54 bits per heavy atom. The maximum absolute atomic E-state index is 12.7. The number of likely N-dealkylation sites (tertiary alicyclic amines) is 1. The van der Waals surface area contributed by atoms with Crippen molar-refractivity contribution < 1.29 is 14.3 Å². The molecule has 1 amide bonds. The molecule has 0 saturated carbocycles. The molecule has 5 nitrogen and oxygen atoms in total. The molecular weight excluding hydrogens is 352 g/mol. The van der Waals surface area contributed by atoms with Gasteiger partial charge in [-0.15, -0.1) is 0 Å². The fourth-order valence-electron chi connectivity index (χ4n) is 3.66. The number of rotatable bonds is 8. The number of hydrogen-bond acceptors (Lipinski definition) is 4. The Kier molecular flexibility index (Phi) is 6.93. The highest BCUT2D eigenvalue weighted by molar-refractivity contribution is 5.95. The van der Waals surface area contributed by atoms with Crippen molar-refractivity contribution in [2.75, 3.05) is 26.3 Å². The van der Waals surface area contributed by atoms with Gasteiger partial charge in [-0.1, -0.05) is 30.3 Å². The van der Waals surface area contributed by atoms with Crippen molar-refractivity contribution in [3.05, 3.63) is 59.7 Å². The molecule has 0 spiro atoms. The largest absolute Gasteiger partial charge is 0.490 e. The van der Waals surface area contributed by atoms with Gasteiger partial charge in [0.1, 0.15) is 0 Å². The van der Waals surface area contributed by atoms with Crippen LogP contribution in [0.1, 0.15) is 49.2 Å². The molecule has 0 aromatic heterocycles. The van der Waals surface area contributed by atoms with Crippen molar-refractivity contribution in [1.82, 2.24) is 10.2 Å². The van der Waals surface area contributed by atoms with Gasteiger partial charge in [0, 0.05) is 30.7 Å². The number of hydrogen-bond donors (Lipinski definition) is 1. The van der Waals surface area contributed by atoms with E-state index in [4.69, 9.17) is 9.47 Å². The average molecular weight is 383 g/mol. The zero-order valence-electron chi connectivity index (χ0n) is 17.0. The Labute approximate surface area is 167 Å². The van der Waals surface area contributed by atoms with Crippen LogP contribution in [0.5, 0.6) is 11.5 Å². The number of carbonyl (C=O) groups excluding carboxylic acids is 1. The van der Waals surface area contributed by atoms with E-state index in [0.29, 0.717) is 36.3 Å². The van der Waals surface area contributed by atoms with Crippen LogP contribution in [0.3, 0.4) is 0 Å². The first-order valence-corrected chi connectivity index (χ1v) is 10.1. The first kappa shape index (κ1) is 20.2. The third kappa shape index (κ3) is 4.84. The number of carbonyl (C=O) groups is 1. The molecule has 2 aromatic rings. The third-order valence-corrected chi connectivity index (χ3v) is 5.19. The highest BCUT2D eigenvalue weighted by atomic mass is 16.5. The van der Waals surface area contributed by atoms with E-state index in [9.17, 15) is 4.79 Å². The molecule has 3 rings (SSSR count). The van der Waals surface area contributed by atoms with Gasteiger partial charge in [-0.2, -0.15) is 0 Å². The van der Waals surface area contributed by atoms with Crippen LogP contribution in [0.15, 0.2) is 48.5 Å². The minimum absolute atomic E-state index is 0.0665. The highest BCUT2D eigenvalue weighted by Crippen LogP contribution is 2.29. The van der Waals surface area contributed by atoms with Crippen LogP contribution in [-0.2, 0) is 0 Å². The SMILES string of the molecule is CCOc1ccc(C(=O)N[C@@H]2CCN([C@H](C)c3ccccc3)C2)cc1OCC. The second kappa shape index (κ2) is 9.60. The molecule has 0 aliphatic carbocycles. The van der Waals surface area contributed by atoms with Crippen LogP contribution < -0.4 is 14.8 Å². The molecule has 5 heteroatoms. The summed E-state index contributed by atoms with van der Waals surface area (Å²) in [5.74, 6) is 1.22. The second-order valence-electron chi connectivity index (χ2n) is 7.07. The van der Waals surface area contributed by atoms with Crippen LogP contribution in [0.25, 0.3) is 0 Å². The fraction of sp³-hybridized carbons (Fsp3) is 0.435. The van der Waals surface area contributed by atoms with Crippen molar-refractivity contribution in [3.63, 3.8) is 0 Å². The molecule has 1 saturated heterocycles. The molecule has 150 valence electrons. The van der Waals surface area contributed by atoms with E-state index in [-0.39, 0.29) is 11.9 Å². The smallest absolute Gasteiger partial charge is 0.251 e. The summed E-state index contributed by atoms with van der Waals surface area (Å²) >= 11 is 0. The van der Waals surface area contributed by atoms with Gasteiger partial charge < -0.3 is 14.8 Å². The molecule has 0 radical (unpaired) electrons. The number of ether oxygens (including phenoxy) is 2. The zero-order valence-corrected chi connectivity index (χ0v) is 17.0. The molecule has 1 aliphatic heterocycles. The van der Waals surface area contributed by atoms with Crippen LogP contribution in [0.2, 0.25) is 0 Å². The lowest BCUT2D eigenvalue weighted by Gasteiger charge is -2.24. The Balaban J connectivity index is 1.61. The summed E-state index contributed by atoms with van der Waals surface area (Å²) in [4.78, 5) is 15.2. The van der Waals surface area contributed by atoms with Gasteiger partial charge in [-0.25, -0.2) is 0 Å². The van der Waals surface area contributed by atoms with E-state index in [0.717, 1.165) is 19.5 Å². The van der Waals surface area contributed by atoms with Crippen LogP contribution >= 0.6 is 0 Å². The summed E-state index contributed by atoms with van der Waals surface area (Å²) in [5.41, 5.74) is 1.91. The van der Waals surface area contributed by atoms with E-state index >= 15 is 0 Å². The minimum Gasteiger partial charge on any atom is -0.490 e. The maximum Gasteiger partial charge on any atom is 0.251 e. The molecular formula is C23H30N2O3. The van der Waals surface area contributed by atoms with Crippen molar-refractivity contribution in [2.45, 2.75) is 39.3 Å². The van der Waals surface area contributed by atoms with Gasteiger partial charge >= 0.3 is 0 Å². The lowest BCUT2D eigenvalue weighted by molar-refractivity contribution is 0.0936. The summed E-state index contributed by atoms with van der Waals surface area (Å²) in [7, 11) is 0. The van der Waals surface area contributed by atoms with Crippen molar-refractivity contribution in [2.24, 2.45) is 0 Å². The standard InChI is InChI=1S/C23H30N2O3/c1-4-27-21-12-11-19(15-22(21)28-5-2)23(26)24-20-13-14-25(16-20)17(3)18-9-7-6-8-10-18/h6-12,15,17,20H,4-5,13-14,16H2,1-3H3,(H,24,26)/t17-,20-/m1/s1. The van der Waals surface area contributed by atoms with Crippen LogP contribution in [0, 0.1) is 0 Å². The average Bonchev–Trinajstić information content (AvgIpc) is 3.18. The molecule has 1 N–H and O–H groups in total. The molecule has 2 atom stereocenters. The topological polar surface area (TPSA) is 50.8 Å². The van der Waals surface area contributed by atoms with Gasteiger partial charge in [-0.3, -0.25) is 9.69 Å².